The molecule has 1 atom stereocenters. The zero-order valence-electron chi connectivity index (χ0n) is 10.2. The summed E-state index contributed by atoms with van der Waals surface area (Å²) in [6.45, 7) is 1.96. The summed E-state index contributed by atoms with van der Waals surface area (Å²) in [6, 6.07) is 7.62. The molecule has 2 aromatic rings. The Hall–Kier alpha value is -1.25. The summed E-state index contributed by atoms with van der Waals surface area (Å²) in [5, 5.41) is 11.7. The summed E-state index contributed by atoms with van der Waals surface area (Å²) in [5.41, 5.74) is 1.79. The van der Waals surface area contributed by atoms with E-state index in [0.29, 0.717) is 11.4 Å². The SMILES string of the molecule is Cc1ccc(C2(O)CCCc3occc32)cc1Cl. The maximum atomic E-state index is 11.0. The van der Waals surface area contributed by atoms with Crippen LogP contribution >= 0.6 is 11.6 Å². The fourth-order valence-corrected chi connectivity index (χ4v) is 2.87. The number of benzene rings is 1. The van der Waals surface area contributed by atoms with Gasteiger partial charge in [0.25, 0.3) is 0 Å². The molecule has 0 fully saturated rings. The van der Waals surface area contributed by atoms with Crippen molar-refractivity contribution in [1.29, 1.82) is 0 Å². The molecular weight excluding hydrogens is 248 g/mol. The van der Waals surface area contributed by atoms with E-state index < -0.39 is 5.60 Å². The molecule has 0 radical (unpaired) electrons. The zero-order valence-corrected chi connectivity index (χ0v) is 11.0. The Morgan fingerprint density at radius 3 is 2.94 bits per heavy atom. The summed E-state index contributed by atoms with van der Waals surface area (Å²) < 4.78 is 5.43. The smallest absolute Gasteiger partial charge is 0.118 e. The molecule has 0 spiro atoms. The second-order valence-electron chi connectivity index (χ2n) is 4.94. The fraction of sp³-hybridized carbons (Fsp3) is 0.333. The lowest BCUT2D eigenvalue weighted by Crippen LogP contribution is -2.31. The summed E-state index contributed by atoms with van der Waals surface area (Å²) in [4.78, 5) is 0. The number of rotatable bonds is 1. The van der Waals surface area contributed by atoms with Crippen LogP contribution in [0.5, 0.6) is 0 Å². The van der Waals surface area contributed by atoms with E-state index in [9.17, 15) is 5.11 Å². The highest BCUT2D eigenvalue weighted by Gasteiger charge is 2.38. The second kappa shape index (κ2) is 4.15. The minimum absolute atomic E-state index is 0.691. The van der Waals surface area contributed by atoms with Gasteiger partial charge in [-0.25, -0.2) is 0 Å². The summed E-state index contributed by atoms with van der Waals surface area (Å²) >= 11 is 6.16. The highest BCUT2D eigenvalue weighted by Crippen LogP contribution is 2.41. The molecule has 1 aromatic heterocycles. The molecule has 1 unspecified atom stereocenters. The normalized spacial score (nSPS) is 22.8. The zero-order chi connectivity index (χ0) is 12.8. The lowest BCUT2D eigenvalue weighted by Gasteiger charge is -2.32. The van der Waals surface area contributed by atoms with E-state index in [1.54, 1.807) is 6.26 Å². The summed E-state index contributed by atoms with van der Waals surface area (Å²) in [6.07, 6.45) is 4.17. The highest BCUT2D eigenvalue weighted by molar-refractivity contribution is 6.31. The average molecular weight is 263 g/mol. The fourth-order valence-electron chi connectivity index (χ4n) is 2.69. The van der Waals surface area contributed by atoms with Gasteiger partial charge in [0.1, 0.15) is 11.4 Å². The molecule has 94 valence electrons. The van der Waals surface area contributed by atoms with Crippen molar-refractivity contribution in [3.8, 4) is 0 Å². The molecule has 3 heteroatoms. The lowest BCUT2D eigenvalue weighted by molar-refractivity contribution is 0.0589. The number of halogens is 1. The van der Waals surface area contributed by atoms with Crippen molar-refractivity contribution in [2.75, 3.05) is 0 Å². The number of fused-ring (bicyclic) bond motifs is 1. The van der Waals surface area contributed by atoms with Crippen LogP contribution in [0.4, 0.5) is 0 Å². The van der Waals surface area contributed by atoms with E-state index in [0.717, 1.165) is 35.3 Å². The van der Waals surface area contributed by atoms with Gasteiger partial charge in [-0.2, -0.15) is 0 Å². The van der Waals surface area contributed by atoms with E-state index >= 15 is 0 Å². The Bertz CT molecular complexity index is 588. The molecule has 0 saturated carbocycles. The van der Waals surface area contributed by atoms with Crippen LogP contribution in [0.3, 0.4) is 0 Å². The first-order valence-corrected chi connectivity index (χ1v) is 6.55. The molecule has 0 bridgehead atoms. The molecule has 0 amide bonds. The standard InChI is InChI=1S/C15H15ClO2/c1-10-4-5-11(9-13(10)16)15(17)7-2-3-14-12(15)6-8-18-14/h4-6,8-9,17H,2-3,7H2,1H3. The number of aryl methyl sites for hydroxylation is 2. The third-order valence-electron chi connectivity index (χ3n) is 3.78. The van der Waals surface area contributed by atoms with Crippen LogP contribution < -0.4 is 0 Å². The van der Waals surface area contributed by atoms with Crippen LogP contribution in [0.25, 0.3) is 0 Å². The Kier molecular flexibility index (Phi) is 2.72. The molecular formula is C15H15ClO2. The predicted molar refractivity (Wildman–Crippen MR) is 70.8 cm³/mol. The molecule has 2 nitrogen and oxygen atoms in total. The highest BCUT2D eigenvalue weighted by atomic mass is 35.5. The van der Waals surface area contributed by atoms with Crippen LogP contribution in [0, 0.1) is 6.92 Å². The van der Waals surface area contributed by atoms with Crippen molar-refractivity contribution < 1.29 is 9.52 Å². The second-order valence-corrected chi connectivity index (χ2v) is 5.34. The molecule has 18 heavy (non-hydrogen) atoms. The van der Waals surface area contributed by atoms with E-state index in [-0.39, 0.29) is 0 Å². The van der Waals surface area contributed by atoms with Gasteiger partial charge in [0, 0.05) is 17.0 Å². The van der Waals surface area contributed by atoms with Crippen molar-refractivity contribution >= 4 is 11.6 Å². The van der Waals surface area contributed by atoms with Gasteiger partial charge >= 0.3 is 0 Å². The van der Waals surface area contributed by atoms with Crippen LogP contribution in [-0.2, 0) is 12.0 Å². The third-order valence-corrected chi connectivity index (χ3v) is 4.19. The van der Waals surface area contributed by atoms with E-state index in [1.165, 1.54) is 0 Å². The maximum absolute atomic E-state index is 11.0. The lowest BCUT2D eigenvalue weighted by atomic mass is 9.78. The number of aliphatic hydroxyl groups is 1. The van der Waals surface area contributed by atoms with Gasteiger partial charge in [0.2, 0.25) is 0 Å². The molecule has 0 saturated heterocycles. The van der Waals surface area contributed by atoms with Crippen LogP contribution in [-0.4, -0.2) is 5.11 Å². The molecule has 1 aliphatic carbocycles. The first-order chi connectivity index (χ1) is 8.61. The molecule has 1 N–H and O–H groups in total. The van der Waals surface area contributed by atoms with Gasteiger partial charge in [-0.3, -0.25) is 0 Å². The first kappa shape index (κ1) is 11.8. The van der Waals surface area contributed by atoms with Crippen LogP contribution in [0.15, 0.2) is 34.9 Å². The van der Waals surface area contributed by atoms with Crippen molar-refractivity contribution in [3.63, 3.8) is 0 Å². The van der Waals surface area contributed by atoms with E-state index in [4.69, 9.17) is 16.0 Å². The Balaban J connectivity index is 2.14. The van der Waals surface area contributed by atoms with E-state index in [1.807, 2.05) is 31.2 Å². The maximum Gasteiger partial charge on any atom is 0.118 e. The van der Waals surface area contributed by atoms with Gasteiger partial charge in [-0.05, 0) is 43.0 Å². The van der Waals surface area contributed by atoms with Crippen molar-refractivity contribution in [2.24, 2.45) is 0 Å². The molecule has 0 aliphatic heterocycles. The van der Waals surface area contributed by atoms with Crippen LogP contribution in [0.2, 0.25) is 5.02 Å². The molecule has 3 rings (SSSR count). The largest absolute Gasteiger partial charge is 0.469 e. The minimum atomic E-state index is -0.960. The monoisotopic (exact) mass is 262 g/mol. The summed E-state index contributed by atoms with van der Waals surface area (Å²) in [7, 11) is 0. The van der Waals surface area contributed by atoms with Crippen LogP contribution in [0.1, 0.15) is 35.3 Å². The quantitative estimate of drug-likeness (QED) is 0.848. The Morgan fingerprint density at radius 2 is 2.17 bits per heavy atom. The van der Waals surface area contributed by atoms with Gasteiger partial charge in [0.05, 0.1) is 6.26 Å². The Labute approximate surface area is 111 Å². The number of furan rings is 1. The molecule has 1 aliphatic rings. The number of hydrogen-bond acceptors (Lipinski definition) is 2. The van der Waals surface area contributed by atoms with Gasteiger partial charge in [-0.15, -0.1) is 0 Å². The van der Waals surface area contributed by atoms with Gasteiger partial charge < -0.3 is 9.52 Å². The van der Waals surface area contributed by atoms with E-state index in [2.05, 4.69) is 0 Å². The Morgan fingerprint density at radius 1 is 1.33 bits per heavy atom. The molecule has 1 heterocycles. The third kappa shape index (κ3) is 1.68. The van der Waals surface area contributed by atoms with Crippen molar-refractivity contribution in [2.45, 2.75) is 31.8 Å². The predicted octanol–water partition coefficient (Wildman–Crippen LogP) is 3.81. The van der Waals surface area contributed by atoms with Crippen molar-refractivity contribution in [1.82, 2.24) is 0 Å². The van der Waals surface area contributed by atoms with Crippen molar-refractivity contribution in [3.05, 3.63) is 58.0 Å². The summed E-state index contributed by atoms with van der Waals surface area (Å²) in [5.74, 6) is 0.889. The van der Waals surface area contributed by atoms with Gasteiger partial charge in [0.15, 0.2) is 0 Å². The molecule has 1 aromatic carbocycles. The first-order valence-electron chi connectivity index (χ1n) is 6.17. The average Bonchev–Trinajstić information content (AvgIpc) is 2.82. The number of hydrogen-bond donors (Lipinski definition) is 1. The minimum Gasteiger partial charge on any atom is -0.469 e. The topological polar surface area (TPSA) is 33.4 Å². The van der Waals surface area contributed by atoms with Gasteiger partial charge in [-0.1, -0.05) is 23.7 Å².